The minimum Gasteiger partial charge on any atom is -0.497 e. The fourth-order valence-electron chi connectivity index (χ4n) is 3.13. The molecular formula is C20H19N5O2. The number of nitrogens with one attached hydrogen (secondary N) is 1. The summed E-state index contributed by atoms with van der Waals surface area (Å²) in [5, 5.41) is 7.90. The lowest BCUT2D eigenvalue weighted by molar-refractivity contribution is 0.414. The van der Waals surface area contributed by atoms with Gasteiger partial charge in [0, 0.05) is 12.1 Å². The predicted octanol–water partition coefficient (Wildman–Crippen LogP) is 3.88. The molecule has 5 rings (SSSR count). The molecule has 0 aliphatic heterocycles. The summed E-state index contributed by atoms with van der Waals surface area (Å²) in [4.78, 5) is 9.36. The van der Waals surface area contributed by atoms with Crippen LogP contribution in [0.1, 0.15) is 29.9 Å². The third-order valence-electron chi connectivity index (χ3n) is 4.76. The van der Waals surface area contributed by atoms with Gasteiger partial charge >= 0.3 is 0 Å². The van der Waals surface area contributed by atoms with Crippen molar-refractivity contribution in [1.29, 1.82) is 0 Å². The number of ether oxygens (including phenoxy) is 1. The number of hydrogen-bond acceptors (Lipinski definition) is 6. The van der Waals surface area contributed by atoms with E-state index >= 15 is 0 Å². The van der Waals surface area contributed by atoms with E-state index in [1.54, 1.807) is 17.9 Å². The molecule has 0 radical (unpaired) electrons. The number of benzene rings is 1. The molecule has 1 aromatic carbocycles. The number of rotatable bonds is 6. The van der Waals surface area contributed by atoms with E-state index in [1.165, 1.54) is 18.4 Å². The second kappa shape index (κ2) is 6.42. The summed E-state index contributed by atoms with van der Waals surface area (Å²) < 4.78 is 12.5. The monoisotopic (exact) mass is 361 g/mol. The van der Waals surface area contributed by atoms with Crippen LogP contribution in [0.5, 0.6) is 5.75 Å². The third-order valence-corrected chi connectivity index (χ3v) is 4.76. The smallest absolute Gasteiger partial charge is 0.228 e. The molecule has 3 aromatic heterocycles. The van der Waals surface area contributed by atoms with Crippen LogP contribution in [0.25, 0.3) is 17.2 Å². The van der Waals surface area contributed by atoms with Crippen molar-refractivity contribution in [2.45, 2.75) is 25.3 Å². The summed E-state index contributed by atoms with van der Waals surface area (Å²) in [6, 6.07) is 11.6. The van der Waals surface area contributed by atoms with Gasteiger partial charge in [-0.25, -0.2) is 4.98 Å². The van der Waals surface area contributed by atoms with Gasteiger partial charge in [0.2, 0.25) is 11.8 Å². The summed E-state index contributed by atoms with van der Waals surface area (Å²) in [7, 11) is 1.66. The summed E-state index contributed by atoms with van der Waals surface area (Å²) >= 11 is 0. The first-order valence-electron chi connectivity index (χ1n) is 8.98. The van der Waals surface area contributed by atoms with Crippen LogP contribution in [0.2, 0.25) is 0 Å². The van der Waals surface area contributed by atoms with Crippen molar-refractivity contribution in [2.24, 2.45) is 0 Å². The summed E-state index contributed by atoms with van der Waals surface area (Å²) in [6.07, 6.45) is 5.92. The Bertz CT molecular complexity index is 1070. The lowest BCUT2D eigenvalue weighted by Gasteiger charge is -2.10. The zero-order valence-corrected chi connectivity index (χ0v) is 14.9. The largest absolute Gasteiger partial charge is 0.497 e. The molecule has 27 heavy (non-hydrogen) atoms. The lowest BCUT2D eigenvalue weighted by Crippen LogP contribution is -2.09. The normalized spacial score (nSPS) is 13.8. The van der Waals surface area contributed by atoms with Crippen molar-refractivity contribution in [2.75, 3.05) is 12.4 Å². The molecule has 0 atom stereocenters. The highest BCUT2D eigenvalue weighted by atomic mass is 16.5. The van der Waals surface area contributed by atoms with Gasteiger partial charge in [0.05, 0.1) is 19.6 Å². The number of nitrogens with zero attached hydrogens (tertiary/aromatic N) is 4. The molecule has 0 saturated heterocycles. The van der Waals surface area contributed by atoms with E-state index in [0.717, 1.165) is 17.0 Å². The molecule has 0 bridgehead atoms. The van der Waals surface area contributed by atoms with Gasteiger partial charge in [-0.2, -0.15) is 14.6 Å². The van der Waals surface area contributed by atoms with Gasteiger partial charge in [0.25, 0.3) is 0 Å². The standard InChI is InChI=1S/C20H19N5O2/c1-26-15-8-4-13(5-9-15)11-21-20-24-18(17-3-2-10-27-17)23-19-16(14-6-7-14)12-22-25(19)20/h2-5,8-10,12,14H,6-7,11H2,1H3,(H,21,23,24). The molecule has 1 N–H and O–H groups in total. The van der Waals surface area contributed by atoms with E-state index in [4.69, 9.17) is 14.1 Å². The van der Waals surface area contributed by atoms with Gasteiger partial charge in [-0.05, 0) is 48.6 Å². The Morgan fingerprint density at radius 1 is 1.19 bits per heavy atom. The zero-order valence-electron chi connectivity index (χ0n) is 14.9. The summed E-state index contributed by atoms with van der Waals surface area (Å²) in [6.45, 7) is 0.617. The number of hydrogen-bond donors (Lipinski definition) is 1. The molecule has 1 aliphatic carbocycles. The Morgan fingerprint density at radius 2 is 2.04 bits per heavy atom. The molecule has 0 spiro atoms. The first-order chi connectivity index (χ1) is 13.3. The lowest BCUT2D eigenvalue weighted by atomic mass is 10.2. The Morgan fingerprint density at radius 3 is 2.74 bits per heavy atom. The maximum atomic E-state index is 5.51. The van der Waals surface area contributed by atoms with E-state index in [0.29, 0.717) is 30.0 Å². The van der Waals surface area contributed by atoms with Gasteiger partial charge in [0.1, 0.15) is 5.75 Å². The SMILES string of the molecule is COc1ccc(CNc2nc(-c3ccco3)nc3c(C4CC4)cnn23)cc1. The molecule has 7 nitrogen and oxygen atoms in total. The third kappa shape index (κ3) is 3.01. The van der Waals surface area contributed by atoms with Crippen LogP contribution in [0.15, 0.2) is 53.3 Å². The maximum Gasteiger partial charge on any atom is 0.228 e. The summed E-state index contributed by atoms with van der Waals surface area (Å²) in [5.74, 6) is 3.25. The minimum atomic E-state index is 0.552. The maximum absolute atomic E-state index is 5.51. The number of aromatic nitrogens is 4. The van der Waals surface area contributed by atoms with Crippen LogP contribution in [-0.4, -0.2) is 26.7 Å². The topological polar surface area (TPSA) is 77.5 Å². The fourth-order valence-corrected chi connectivity index (χ4v) is 3.13. The highest BCUT2D eigenvalue weighted by molar-refractivity contribution is 5.60. The molecule has 3 heterocycles. The number of methoxy groups -OCH3 is 1. The Hall–Kier alpha value is -3.35. The van der Waals surface area contributed by atoms with Gasteiger partial charge in [-0.1, -0.05) is 12.1 Å². The minimum absolute atomic E-state index is 0.552. The van der Waals surface area contributed by atoms with E-state index in [2.05, 4.69) is 15.4 Å². The van der Waals surface area contributed by atoms with Gasteiger partial charge in [0.15, 0.2) is 11.4 Å². The Balaban J connectivity index is 1.51. The first kappa shape index (κ1) is 15.9. The zero-order chi connectivity index (χ0) is 18.2. The number of fused-ring (bicyclic) bond motifs is 1. The van der Waals surface area contributed by atoms with Gasteiger partial charge < -0.3 is 14.5 Å². The van der Waals surface area contributed by atoms with E-state index in [1.807, 2.05) is 42.6 Å². The van der Waals surface area contributed by atoms with Crippen LogP contribution in [0.3, 0.4) is 0 Å². The molecule has 4 aromatic rings. The number of furan rings is 1. The van der Waals surface area contributed by atoms with Crippen LogP contribution < -0.4 is 10.1 Å². The average molecular weight is 361 g/mol. The Labute approximate surface area is 156 Å². The quantitative estimate of drug-likeness (QED) is 0.561. The first-order valence-corrected chi connectivity index (χ1v) is 8.98. The second-order valence-corrected chi connectivity index (χ2v) is 6.66. The fraction of sp³-hybridized carbons (Fsp3) is 0.250. The molecule has 1 aliphatic rings. The molecule has 7 heteroatoms. The Kier molecular flexibility index (Phi) is 3.78. The van der Waals surface area contributed by atoms with Crippen LogP contribution >= 0.6 is 0 Å². The number of anilines is 1. The molecule has 136 valence electrons. The summed E-state index contributed by atoms with van der Waals surface area (Å²) in [5.41, 5.74) is 3.14. The average Bonchev–Trinajstić information content (AvgIpc) is 3.23. The molecular weight excluding hydrogens is 342 g/mol. The van der Waals surface area contributed by atoms with Gasteiger partial charge in [-0.3, -0.25) is 0 Å². The van der Waals surface area contributed by atoms with Crippen LogP contribution in [-0.2, 0) is 6.54 Å². The van der Waals surface area contributed by atoms with Crippen molar-refractivity contribution in [1.82, 2.24) is 19.6 Å². The molecule has 1 saturated carbocycles. The van der Waals surface area contributed by atoms with Crippen molar-refractivity contribution >= 4 is 11.6 Å². The molecule has 1 fully saturated rings. The molecule has 0 amide bonds. The van der Waals surface area contributed by atoms with Crippen molar-refractivity contribution in [3.8, 4) is 17.3 Å². The predicted molar refractivity (Wildman–Crippen MR) is 101 cm³/mol. The van der Waals surface area contributed by atoms with Crippen molar-refractivity contribution in [3.05, 3.63) is 60.0 Å². The van der Waals surface area contributed by atoms with Crippen LogP contribution in [0.4, 0.5) is 5.95 Å². The van der Waals surface area contributed by atoms with Gasteiger partial charge in [-0.15, -0.1) is 0 Å². The second-order valence-electron chi connectivity index (χ2n) is 6.66. The van der Waals surface area contributed by atoms with Crippen LogP contribution in [0, 0.1) is 0 Å². The van der Waals surface area contributed by atoms with E-state index in [9.17, 15) is 0 Å². The molecule has 0 unspecified atom stereocenters. The van der Waals surface area contributed by atoms with Crippen molar-refractivity contribution in [3.63, 3.8) is 0 Å². The van der Waals surface area contributed by atoms with Crippen molar-refractivity contribution < 1.29 is 9.15 Å². The van der Waals surface area contributed by atoms with E-state index < -0.39 is 0 Å². The highest BCUT2D eigenvalue weighted by Gasteiger charge is 2.28. The van der Waals surface area contributed by atoms with E-state index in [-0.39, 0.29) is 0 Å². The highest BCUT2D eigenvalue weighted by Crippen LogP contribution is 2.42.